The van der Waals surface area contributed by atoms with Crippen molar-refractivity contribution < 1.29 is 17.9 Å². The Labute approximate surface area is 179 Å². The van der Waals surface area contributed by atoms with E-state index >= 15 is 0 Å². The van der Waals surface area contributed by atoms with Gasteiger partial charge in [0.25, 0.3) is 0 Å². The Balaban J connectivity index is 1.93. The highest BCUT2D eigenvalue weighted by Crippen LogP contribution is 2.24. The van der Waals surface area contributed by atoms with Crippen LogP contribution >= 0.6 is 27.5 Å². The molecule has 152 valence electrons. The maximum absolute atomic E-state index is 12.2. The lowest BCUT2D eigenvalue weighted by molar-refractivity contribution is -0.119. The highest BCUT2D eigenvalue weighted by atomic mass is 79.9. The van der Waals surface area contributed by atoms with Crippen LogP contribution in [0.1, 0.15) is 11.1 Å². The zero-order chi connectivity index (χ0) is 20.9. The molecule has 1 N–H and O–H groups in total. The summed E-state index contributed by atoms with van der Waals surface area (Å²) in [5.41, 5.74) is 2.26. The van der Waals surface area contributed by atoms with Gasteiger partial charge < -0.3 is 10.1 Å². The highest BCUT2D eigenvalue weighted by Gasteiger charge is 2.21. The molecule has 0 saturated carbocycles. The molecule has 2 aromatic carbocycles. The van der Waals surface area contributed by atoms with Gasteiger partial charge in [-0.3, -0.25) is 9.10 Å². The van der Waals surface area contributed by atoms with E-state index in [-0.39, 0.29) is 19.7 Å². The molecule has 0 aliphatic carbocycles. The third-order valence-electron chi connectivity index (χ3n) is 3.95. The summed E-state index contributed by atoms with van der Waals surface area (Å²) >= 11 is 9.42. The van der Waals surface area contributed by atoms with E-state index < -0.39 is 15.9 Å². The fraction of sp³-hybridized carbons (Fsp3) is 0.316. The van der Waals surface area contributed by atoms with Crippen LogP contribution in [0.15, 0.2) is 40.9 Å². The maximum Gasteiger partial charge on any atom is 0.240 e. The van der Waals surface area contributed by atoms with Crippen LogP contribution < -0.4 is 14.4 Å². The largest absolute Gasteiger partial charge is 0.492 e. The summed E-state index contributed by atoms with van der Waals surface area (Å²) in [7, 11) is -3.61. The summed E-state index contributed by atoms with van der Waals surface area (Å²) < 4.78 is 31.7. The number of amides is 1. The van der Waals surface area contributed by atoms with E-state index in [1.54, 1.807) is 30.3 Å². The van der Waals surface area contributed by atoms with Gasteiger partial charge in [-0.1, -0.05) is 33.6 Å². The second kappa shape index (κ2) is 9.62. The van der Waals surface area contributed by atoms with Crippen LogP contribution in [0, 0.1) is 13.8 Å². The van der Waals surface area contributed by atoms with Crippen molar-refractivity contribution in [3.63, 3.8) is 0 Å². The van der Waals surface area contributed by atoms with E-state index in [0.717, 1.165) is 26.2 Å². The quantitative estimate of drug-likeness (QED) is 0.574. The number of ether oxygens (including phenoxy) is 1. The van der Waals surface area contributed by atoms with Gasteiger partial charge in [0.15, 0.2) is 0 Å². The van der Waals surface area contributed by atoms with Gasteiger partial charge in [0.2, 0.25) is 15.9 Å². The zero-order valence-electron chi connectivity index (χ0n) is 15.8. The van der Waals surface area contributed by atoms with E-state index in [1.165, 1.54) is 0 Å². The Morgan fingerprint density at radius 2 is 1.89 bits per heavy atom. The fourth-order valence-corrected chi connectivity index (χ4v) is 3.66. The summed E-state index contributed by atoms with van der Waals surface area (Å²) in [6.07, 6.45) is 1.07. The summed E-state index contributed by atoms with van der Waals surface area (Å²) in [4.78, 5) is 12.2. The number of hydrogen-bond donors (Lipinski definition) is 1. The number of aryl methyl sites for hydroxylation is 2. The number of rotatable bonds is 8. The van der Waals surface area contributed by atoms with E-state index in [9.17, 15) is 13.2 Å². The third-order valence-corrected chi connectivity index (χ3v) is 6.39. The van der Waals surface area contributed by atoms with Gasteiger partial charge in [0.05, 0.1) is 18.5 Å². The highest BCUT2D eigenvalue weighted by molar-refractivity contribution is 9.10. The topological polar surface area (TPSA) is 75.7 Å². The van der Waals surface area contributed by atoms with E-state index in [4.69, 9.17) is 16.3 Å². The lowest BCUT2D eigenvalue weighted by Gasteiger charge is -2.22. The van der Waals surface area contributed by atoms with Gasteiger partial charge in [-0.25, -0.2) is 8.42 Å². The molecule has 0 aromatic heterocycles. The van der Waals surface area contributed by atoms with Crippen LogP contribution in [-0.2, 0) is 14.8 Å². The third kappa shape index (κ3) is 6.39. The second-order valence-electron chi connectivity index (χ2n) is 6.31. The van der Waals surface area contributed by atoms with Crippen molar-refractivity contribution >= 4 is 49.1 Å². The van der Waals surface area contributed by atoms with Crippen molar-refractivity contribution in [2.75, 3.05) is 30.3 Å². The molecule has 9 heteroatoms. The fourth-order valence-electron chi connectivity index (χ4n) is 2.39. The monoisotopic (exact) mass is 488 g/mol. The molecule has 0 saturated heterocycles. The molecular weight excluding hydrogens is 468 g/mol. The molecule has 0 heterocycles. The van der Waals surface area contributed by atoms with Crippen molar-refractivity contribution in [3.8, 4) is 5.75 Å². The number of hydrogen-bond acceptors (Lipinski definition) is 4. The molecule has 6 nitrogen and oxygen atoms in total. The van der Waals surface area contributed by atoms with Crippen LogP contribution in [0.25, 0.3) is 0 Å². The van der Waals surface area contributed by atoms with Crippen molar-refractivity contribution in [1.82, 2.24) is 5.32 Å². The number of nitrogens with one attached hydrogen (secondary N) is 1. The minimum absolute atomic E-state index is 0.237. The Hall–Kier alpha value is -1.77. The average molecular weight is 490 g/mol. The van der Waals surface area contributed by atoms with Crippen LogP contribution in [0.2, 0.25) is 5.02 Å². The van der Waals surface area contributed by atoms with Crippen LogP contribution in [-0.4, -0.2) is 40.3 Å². The molecule has 0 bridgehead atoms. The second-order valence-corrected chi connectivity index (χ2v) is 9.48. The molecule has 2 rings (SSSR count). The molecule has 0 fully saturated rings. The summed E-state index contributed by atoms with van der Waals surface area (Å²) in [6, 6.07) is 10.5. The SMILES string of the molecule is Cc1ccc(OCCNC(=O)CN(c2ccc(Br)c(C)c2)S(C)(=O)=O)cc1Cl. The number of carbonyl (C=O) groups is 1. The molecule has 0 radical (unpaired) electrons. The standard InChI is InChI=1S/C19H22BrClN2O4S/c1-13-4-6-16(11-18(13)21)27-9-8-22-19(24)12-23(28(3,25)26)15-5-7-17(20)14(2)10-15/h4-7,10-11H,8-9,12H2,1-3H3,(H,22,24). The summed E-state index contributed by atoms with van der Waals surface area (Å²) in [6.45, 7) is 3.91. The molecule has 0 aliphatic heterocycles. The molecule has 0 atom stereocenters. The first kappa shape index (κ1) is 22.5. The Morgan fingerprint density at radius 1 is 1.18 bits per heavy atom. The van der Waals surface area contributed by atoms with Crippen molar-refractivity contribution in [1.29, 1.82) is 0 Å². The van der Waals surface area contributed by atoms with Crippen LogP contribution in [0.4, 0.5) is 5.69 Å². The van der Waals surface area contributed by atoms with E-state index in [2.05, 4.69) is 21.2 Å². The normalized spacial score (nSPS) is 11.2. The van der Waals surface area contributed by atoms with Gasteiger partial charge in [-0.2, -0.15) is 0 Å². The number of anilines is 1. The molecule has 0 unspecified atom stereocenters. The minimum atomic E-state index is -3.61. The summed E-state index contributed by atoms with van der Waals surface area (Å²) in [5.74, 6) is 0.185. The molecule has 0 spiro atoms. The van der Waals surface area contributed by atoms with Gasteiger partial charge in [0.1, 0.15) is 18.9 Å². The van der Waals surface area contributed by atoms with Crippen molar-refractivity contribution in [2.45, 2.75) is 13.8 Å². The number of carbonyl (C=O) groups excluding carboxylic acids is 1. The maximum atomic E-state index is 12.2. The van der Waals surface area contributed by atoms with Gasteiger partial charge >= 0.3 is 0 Å². The van der Waals surface area contributed by atoms with E-state index in [1.807, 2.05) is 19.9 Å². The molecular formula is C19H22BrClN2O4S. The molecule has 2 aromatic rings. The van der Waals surface area contributed by atoms with Crippen LogP contribution in [0.5, 0.6) is 5.75 Å². The first-order chi connectivity index (χ1) is 13.1. The number of benzene rings is 2. The molecule has 28 heavy (non-hydrogen) atoms. The average Bonchev–Trinajstić information content (AvgIpc) is 2.61. The van der Waals surface area contributed by atoms with Gasteiger partial charge in [0, 0.05) is 9.50 Å². The van der Waals surface area contributed by atoms with Gasteiger partial charge in [-0.15, -0.1) is 0 Å². The van der Waals surface area contributed by atoms with E-state index in [0.29, 0.717) is 16.5 Å². The number of nitrogens with zero attached hydrogens (tertiary/aromatic N) is 1. The molecule has 1 amide bonds. The van der Waals surface area contributed by atoms with Crippen LogP contribution in [0.3, 0.4) is 0 Å². The Kier molecular flexibility index (Phi) is 7.74. The predicted molar refractivity (Wildman–Crippen MR) is 116 cm³/mol. The lowest BCUT2D eigenvalue weighted by atomic mass is 10.2. The summed E-state index contributed by atoms with van der Waals surface area (Å²) in [5, 5.41) is 3.27. The Morgan fingerprint density at radius 3 is 2.50 bits per heavy atom. The minimum Gasteiger partial charge on any atom is -0.492 e. The van der Waals surface area contributed by atoms with Crippen molar-refractivity contribution in [3.05, 3.63) is 57.0 Å². The molecule has 0 aliphatic rings. The lowest BCUT2D eigenvalue weighted by Crippen LogP contribution is -2.41. The Bertz CT molecular complexity index is 966. The predicted octanol–water partition coefficient (Wildman–Crippen LogP) is 3.68. The zero-order valence-corrected chi connectivity index (χ0v) is 19.0. The smallest absolute Gasteiger partial charge is 0.240 e. The number of sulfonamides is 1. The van der Waals surface area contributed by atoms with Crippen molar-refractivity contribution in [2.24, 2.45) is 0 Å². The van der Waals surface area contributed by atoms with Gasteiger partial charge in [-0.05, 0) is 55.3 Å². The number of halogens is 2. The first-order valence-corrected chi connectivity index (χ1v) is 11.5. The first-order valence-electron chi connectivity index (χ1n) is 8.47.